The van der Waals surface area contributed by atoms with Crippen LogP contribution in [0.15, 0.2) is 108 Å². The first-order chi connectivity index (χ1) is 21.7. The molecule has 8 rings (SSSR count). The molecule has 0 fully saturated rings. The van der Waals surface area contributed by atoms with Crippen molar-refractivity contribution in [3.63, 3.8) is 0 Å². The third kappa shape index (κ3) is 3.43. The van der Waals surface area contributed by atoms with Crippen molar-refractivity contribution in [1.82, 2.24) is 14.1 Å². The van der Waals surface area contributed by atoms with Crippen molar-refractivity contribution in [3.05, 3.63) is 126 Å². The standard InChI is InChI=1S/C38H23N5O/c1-3-9-31-25(4-2)27-17-18-29-28-12-7-10-24(22-40)37(28)44-38(29)36(27)43(31)35-15-8-14-34(41-35)42-32-13-6-5-11-26(32)30-20-23(21-39)16-19-33(30)42/h3-20H,2H2,1H3/b9-3-. The summed E-state index contributed by atoms with van der Waals surface area (Å²) in [5.74, 6) is 1.46. The van der Waals surface area contributed by atoms with E-state index >= 15 is 0 Å². The molecule has 0 radical (unpaired) electrons. The van der Waals surface area contributed by atoms with E-state index in [0.29, 0.717) is 28.1 Å². The Balaban J connectivity index is 1.48. The van der Waals surface area contributed by atoms with Crippen LogP contribution in [0.5, 0.6) is 0 Å². The highest BCUT2D eigenvalue weighted by Crippen LogP contribution is 2.41. The lowest BCUT2D eigenvalue weighted by Crippen LogP contribution is -2.04. The van der Waals surface area contributed by atoms with Gasteiger partial charge in [-0.3, -0.25) is 9.13 Å². The number of nitrogens with zero attached hydrogens (tertiary/aromatic N) is 5. The molecule has 4 aromatic heterocycles. The van der Waals surface area contributed by atoms with E-state index in [1.807, 2.05) is 79.7 Å². The average molecular weight is 566 g/mol. The summed E-state index contributed by atoms with van der Waals surface area (Å²) in [6.45, 7) is 6.14. The molecule has 0 amide bonds. The molecule has 0 saturated heterocycles. The molecular formula is C38H23N5O. The fourth-order valence-corrected chi connectivity index (χ4v) is 6.48. The fourth-order valence-electron chi connectivity index (χ4n) is 6.48. The predicted molar refractivity (Wildman–Crippen MR) is 177 cm³/mol. The Morgan fingerprint density at radius 3 is 2.25 bits per heavy atom. The van der Waals surface area contributed by atoms with Crippen LogP contribution in [0.3, 0.4) is 0 Å². The Bertz CT molecular complexity index is 2610. The Morgan fingerprint density at radius 1 is 0.727 bits per heavy atom. The van der Waals surface area contributed by atoms with Crippen LogP contribution in [0.25, 0.3) is 78.4 Å². The van der Waals surface area contributed by atoms with Crippen LogP contribution in [-0.4, -0.2) is 14.1 Å². The van der Waals surface area contributed by atoms with Gasteiger partial charge in [-0.1, -0.05) is 61.2 Å². The van der Waals surface area contributed by atoms with Crippen molar-refractivity contribution in [2.45, 2.75) is 6.92 Å². The van der Waals surface area contributed by atoms with Crippen molar-refractivity contribution in [3.8, 4) is 23.8 Å². The van der Waals surface area contributed by atoms with Gasteiger partial charge in [-0.05, 0) is 61.5 Å². The molecule has 0 aliphatic rings. The molecule has 206 valence electrons. The number of pyridine rings is 1. The Labute approximate surface area is 252 Å². The lowest BCUT2D eigenvalue weighted by molar-refractivity contribution is 0.669. The van der Waals surface area contributed by atoms with Crippen molar-refractivity contribution in [2.75, 3.05) is 0 Å². The summed E-state index contributed by atoms with van der Waals surface area (Å²) in [6.07, 6.45) is 5.93. The van der Waals surface area contributed by atoms with E-state index in [0.717, 1.165) is 60.6 Å². The summed E-state index contributed by atoms with van der Waals surface area (Å²) in [5, 5.41) is 24.2. The second-order valence-corrected chi connectivity index (χ2v) is 10.6. The Morgan fingerprint density at radius 2 is 1.45 bits per heavy atom. The quantitative estimate of drug-likeness (QED) is 0.213. The zero-order valence-electron chi connectivity index (χ0n) is 23.7. The number of rotatable bonds is 4. The van der Waals surface area contributed by atoms with Crippen LogP contribution >= 0.6 is 0 Å². The Hall–Kier alpha value is -6.37. The van der Waals surface area contributed by atoms with E-state index < -0.39 is 0 Å². The van der Waals surface area contributed by atoms with E-state index in [1.54, 1.807) is 6.07 Å². The van der Waals surface area contributed by atoms with Gasteiger partial charge in [-0.15, -0.1) is 0 Å². The number of benzene rings is 4. The number of hydrogen-bond acceptors (Lipinski definition) is 4. The molecule has 6 nitrogen and oxygen atoms in total. The monoisotopic (exact) mass is 565 g/mol. The van der Waals surface area contributed by atoms with Crippen molar-refractivity contribution in [1.29, 1.82) is 10.5 Å². The minimum absolute atomic E-state index is 0.494. The van der Waals surface area contributed by atoms with Gasteiger partial charge in [-0.2, -0.15) is 10.5 Å². The highest BCUT2D eigenvalue weighted by atomic mass is 16.3. The van der Waals surface area contributed by atoms with Crippen LogP contribution in [0.2, 0.25) is 0 Å². The first-order valence-electron chi connectivity index (χ1n) is 14.3. The van der Waals surface area contributed by atoms with Gasteiger partial charge in [0.1, 0.15) is 17.7 Å². The molecular weight excluding hydrogens is 542 g/mol. The molecule has 0 aliphatic carbocycles. The molecule has 0 aliphatic heterocycles. The van der Waals surface area contributed by atoms with E-state index in [9.17, 15) is 10.5 Å². The average Bonchev–Trinajstić information content (AvgIpc) is 3.72. The highest BCUT2D eigenvalue weighted by Gasteiger charge is 2.23. The van der Waals surface area contributed by atoms with Gasteiger partial charge in [0.25, 0.3) is 0 Å². The number of fused-ring (bicyclic) bond motifs is 8. The number of furan rings is 1. The van der Waals surface area contributed by atoms with E-state index in [1.165, 1.54) is 0 Å². The summed E-state index contributed by atoms with van der Waals surface area (Å²) < 4.78 is 10.8. The van der Waals surface area contributed by atoms with Crippen molar-refractivity contribution < 1.29 is 4.42 Å². The Kier molecular flexibility index (Phi) is 5.53. The normalized spacial score (nSPS) is 11.7. The van der Waals surface area contributed by atoms with Crippen molar-refractivity contribution >= 4 is 66.8 Å². The first-order valence-corrected chi connectivity index (χ1v) is 14.3. The summed E-state index contributed by atoms with van der Waals surface area (Å²) >= 11 is 0. The maximum atomic E-state index is 9.80. The second-order valence-electron chi connectivity index (χ2n) is 10.6. The number of hydrogen-bond donors (Lipinski definition) is 0. The van der Waals surface area contributed by atoms with E-state index in [4.69, 9.17) is 9.40 Å². The minimum Gasteiger partial charge on any atom is -0.452 e. The molecule has 8 aromatic rings. The topological polar surface area (TPSA) is 83.5 Å². The zero-order chi connectivity index (χ0) is 29.9. The van der Waals surface area contributed by atoms with E-state index in [2.05, 4.69) is 58.2 Å². The molecule has 4 aromatic carbocycles. The number of aromatic nitrogens is 3. The minimum atomic E-state index is 0.494. The van der Waals surface area contributed by atoms with Crippen LogP contribution in [0, 0.1) is 22.7 Å². The number of para-hydroxylation sites is 2. The van der Waals surface area contributed by atoms with Crippen LogP contribution in [0.1, 0.15) is 29.3 Å². The lowest BCUT2D eigenvalue weighted by Gasteiger charge is -2.12. The SMILES string of the molecule is C=Cc1c(/C=C\C)n(-c2cccc(-n3c4ccccc4c4cc(C#N)ccc43)n2)c2c1ccc1c3cccc(C#N)c3oc12. The molecule has 6 heteroatoms. The zero-order valence-corrected chi connectivity index (χ0v) is 23.7. The van der Waals surface area contributed by atoms with Crippen LogP contribution < -0.4 is 0 Å². The summed E-state index contributed by atoms with van der Waals surface area (Å²) in [5.41, 5.74) is 7.09. The van der Waals surface area contributed by atoms with Gasteiger partial charge < -0.3 is 4.42 Å². The van der Waals surface area contributed by atoms with Gasteiger partial charge in [0.05, 0.1) is 39.4 Å². The number of nitriles is 2. The van der Waals surface area contributed by atoms with Gasteiger partial charge in [0.2, 0.25) is 0 Å². The molecule has 4 heterocycles. The third-order valence-corrected chi connectivity index (χ3v) is 8.30. The smallest absolute Gasteiger partial charge is 0.160 e. The maximum absolute atomic E-state index is 9.80. The molecule has 0 atom stereocenters. The van der Waals surface area contributed by atoms with Crippen LogP contribution in [-0.2, 0) is 0 Å². The van der Waals surface area contributed by atoms with Gasteiger partial charge in [0, 0.05) is 32.5 Å². The summed E-state index contributed by atoms with van der Waals surface area (Å²) in [7, 11) is 0. The van der Waals surface area contributed by atoms with Crippen molar-refractivity contribution in [2.24, 2.45) is 0 Å². The van der Waals surface area contributed by atoms with Gasteiger partial charge in [0.15, 0.2) is 11.2 Å². The lowest BCUT2D eigenvalue weighted by atomic mass is 10.1. The molecule has 0 bridgehead atoms. The molecule has 0 unspecified atom stereocenters. The molecule has 44 heavy (non-hydrogen) atoms. The van der Waals surface area contributed by atoms with Gasteiger partial charge >= 0.3 is 0 Å². The van der Waals surface area contributed by atoms with E-state index in [-0.39, 0.29) is 0 Å². The summed E-state index contributed by atoms with van der Waals surface area (Å²) in [6, 6.07) is 34.3. The second kappa shape index (κ2) is 9.59. The molecule has 0 N–H and O–H groups in total. The largest absolute Gasteiger partial charge is 0.452 e. The maximum Gasteiger partial charge on any atom is 0.160 e. The summed E-state index contributed by atoms with van der Waals surface area (Å²) in [4.78, 5) is 5.26. The first kappa shape index (κ1) is 25.3. The third-order valence-electron chi connectivity index (χ3n) is 8.30. The molecule has 0 spiro atoms. The predicted octanol–water partition coefficient (Wildman–Crippen LogP) is 9.44. The number of allylic oxidation sites excluding steroid dienone is 1. The van der Waals surface area contributed by atoms with Crippen LogP contribution in [0.4, 0.5) is 0 Å². The fraction of sp³-hybridized carbons (Fsp3) is 0.0263. The molecule has 0 saturated carbocycles. The highest BCUT2D eigenvalue weighted by molar-refractivity contribution is 6.17. The van der Waals surface area contributed by atoms with Gasteiger partial charge in [-0.25, -0.2) is 4.98 Å².